The first-order valence-corrected chi connectivity index (χ1v) is 6.27. The molecule has 2 fully saturated rings. The highest BCUT2D eigenvalue weighted by atomic mass is 16.2. The van der Waals surface area contributed by atoms with Gasteiger partial charge < -0.3 is 4.90 Å². The SMILES string of the molecule is CC(CC#N)N(C)C(=O)C1CC2CCC1C2. The van der Waals surface area contributed by atoms with Crippen molar-refractivity contribution in [2.75, 3.05) is 7.05 Å². The monoisotopic (exact) mass is 220 g/mol. The molecule has 3 heteroatoms. The molecule has 0 aromatic heterocycles. The summed E-state index contributed by atoms with van der Waals surface area (Å²) < 4.78 is 0. The maximum absolute atomic E-state index is 12.3. The molecule has 4 atom stereocenters. The van der Waals surface area contributed by atoms with Crippen molar-refractivity contribution in [3.63, 3.8) is 0 Å². The molecule has 0 aromatic carbocycles. The minimum absolute atomic E-state index is 0.0524. The Kier molecular flexibility index (Phi) is 3.18. The Balaban J connectivity index is 1.95. The number of nitrogens with zero attached hydrogens (tertiary/aromatic N) is 2. The van der Waals surface area contributed by atoms with Gasteiger partial charge in [0.05, 0.1) is 12.5 Å². The van der Waals surface area contributed by atoms with Crippen LogP contribution in [0.25, 0.3) is 0 Å². The summed E-state index contributed by atoms with van der Waals surface area (Å²) in [5, 5.41) is 8.65. The summed E-state index contributed by atoms with van der Waals surface area (Å²) in [4.78, 5) is 14.1. The van der Waals surface area contributed by atoms with Crippen molar-refractivity contribution in [2.24, 2.45) is 17.8 Å². The van der Waals surface area contributed by atoms with E-state index in [1.807, 2.05) is 14.0 Å². The molecule has 0 N–H and O–H groups in total. The molecule has 0 saturated heterocycles. The zero-order valence-corrected chi connectivity index (χ0v) is 10.1. The number of hydrogen-bond donors (Lipinski definition) is 0. The van der Waals surface area contributed by atoms with E-state index in [1.165, 1.54) is 19.3 Å². The van der Waals surface area contributed by atoms with Crippen LogP contribution in [0.2, 0.25) is 0 Å². The minimum Gasteiger partial charge on any atom is -0.342 e. The average Bonchev–Trinajstić information content (AvgIpc) is 2.89. The van der Waals surface area contributed by atoms with Crippen molar-refractivity contribution >= 4 is 5.91 Å². The Morgan fingerprint density at radius 3 is 2.75 bits per heavy atom. The summed E-state index contributed by atoms with van der Waals surface area (Å²) in [5.74, 6) is 1.97. The van der Waals surface area contributed by atoms with Gasteiger partial charge in [0.2, 0.25) is 5.91 Å². The number of carbonyl (C=O) groups is 1. The fourth-order valence-electron chi connectivity index (χ4n) is 3.29. The molecule has 4 unspecified atom stereocenters. The van der Waals surface area contributed by atoms with E-state index >= 15 is 0 Å². The highest BCUT2D eigenvalue weighted by molar-refractivity contribution is 5.79. The first-order chi connectivity index (χ1) is 7.63. The van der Waals surface area contributed by atoms with Crippen LogP contribution in [0.15, 0.2) is 0 Å². The van der Waals surface area contributed by atoms with Crippen molar-refractivity contribution in [1.82, 2.24) is 4.90 Å². The van der Waals surface area contributed by atoms with Gasteiger partial charge in [-0.3, -0.25) is 4.79 Å². The van der Waals surface area contributed by atoms with Crippen LogP contribution in [0.4, 0.5) is 0 Å². The molecule has 2 bridgehead atoms. The van der Waals surface area contributed by atoms with E-state index in [0.29, 0.717) is 12.3 Å². The fraction of sp³-hybridized carbons (Fsp3) is 0.846. The van der Waals surface area contributed by atoms with E-state index in [4.69, 9.17) is 5.26 Å². The van der Waals surface area contributed by atoms with Crippen molar-refractivity contribution in [2.45, 2.75) is 45.1 Å². The summed E-state index contributed by atoms with van der Waals surface area (Å²) in [6.07, 6.45) is 5.35. The van der Waals surface area contributed by atoms with E-state index in [1.54, 1.807) is 4.90 Å². The number of nitriles is 1. The number of rotatable bonds is 3. The van der Waals surface area contributed by atoms with Crippen LogP contribution in [0.5, 0.6) is 0 Å². The van der Waals surface area contributed by atoms with E-state index < -0.39 is 0 Å². The third-order valence-corrected chi connectivity index (χ3v) is 4.45. The third kappa shape index (κ3) is 1.93. The Labute approximate surface area is 97.4 Å². The Hall–Kier alpha value is -1.04. The summed E-state index contributed by atoms with van der Waals surface area (Å²) in [7, 11) is 1.84. The molecule has 16 heavy (non-hydrogen) atoms. The highest BCUT2D eigenvalue weighted by Gasteiger charge is 2.44. The summed E-state index contributed by atoms with van der Waals surface area (Å²) in [6, 6.07) is 2.19. The fourth-order valence-corrected chi connectivity index (χ4v) is 3.29. The smallest absolute Gasteiger partial charge is 0.225 e. The van der Waals surface area contributed by atoms with Crippen molar-refractivity contribution < 1.29 is 4.79 Å². The van der Waals surface area contributed by atoms with Crippen LogP contribution in [-0.2, 0) is 4.79 Å². The molecule has 0 aliphatic heterocycles. The molecule has 0 heterocycles. The number of carbonyl (C=O) groups excluding carboxylic acids is 1. The molecule has 2 saturated carbocycles. The van der Waals surface area contributed by atoms with Gasteiger partial charge in [0.1, 0.15) is 0 Å². The van der Waals surface area contributed by atoms with Crippen LogP contribution in [0.3, 0.4) is 0 Å². The average molecular weight is 220 g/mol. The second kappa shape index (κ2) is 4.45. The Morgan fingerprint density at radius 2 is 2.25 bits per heavy atom. The van der Waals surface area contributed by atoms with E-state index in [0.717, 1.165) is 12.3 Å². The lowest BCUT2D eigenvalue weighted by Gasteiger charge is -2.29. The van der Waals surface area contributed by atoms with Gasteiger partial charge in [-0.05, 0) is 38.0 Å². The first-order valence-electron chi connectivity index (χ1n) is 6.27. The Bertz CT molecular complexity index is 320. The maximum atomic E-state index is 12.3. The molecule has 2 aliphatic carbocycles. The predicted molar refractivity (Wildman–Crippen MR) is 61.4 cm³/mol. The van der Waals surface area contributed by atoms with E-state index in [-0.39, 0.29) is 17.9 Å². The third-order valence-electron chi connectivity index (χ3n) is 4.45. The molecule has 1 amide bonds. The molecule has 2 aliphatic rings. The molecule has 0 spiro atoms. The van der Waals surface area contributed by atoms with Gasteiger partial charge in [-0.1, -0.05) is 6.42 Å². The van der Waals surface area contributed by atoms with Gasteiger partial charge in [-0.25, -0.2) is 0 Å². The molecule has 3 nitrogen and oxygen atoms in total. The predicted octanol–water partition coefficient (Wildman–Crippen LogP) is 2.18. The van der Waals surface area contributed by atoms with Gasteiger partial charge >= 0.3 is 0 Å². The van der Waals surface area contributed by atoms with E-state index in [2.05, 4.69) is 6.07 Å². The second-order valence-corrected chi connectivity index (χ2v) is 5.44. The largest absolute Gasteiger partial charge is 0.342 e. The number of fused-ring (bicyclic) bond motifs is 2. The highest BCUT2D eigenvalue weighted by Crippen LogP contribution is 2.48. The molecule has 2 rings (SSSR count). The van der Waals surface area contributed by atoms with Crippen molar-refractivity contribution in [1.29, 1.82) is 5.26 Å². The van der Waals surface area contributed by atoms with Gasteiger partial charge in [-0.15, -0.1) is 0 Å². The van der Waals surface area contributed by atoms with E-state index in [9.17, 15) is 4.79 Å². The summed E-state index contributed by atoms with van der Waals surface area (Å²) >= 11 is 0. The molecule has 0 radical (unpaired) electrons. The normalized spacial score (nSPS) is 33.4. The zero-order chi connectivity index (χ0) is 11.7. The van der Waals surface area contributed by atoms with Crippen LogP contribution < -0.4 is 0 Å². The van der Waals surface area contributed by atoms with Crippen LogP contribution in [0.1, 0.15) is 39.0 Å². The summed E-state index contributed by atoms with van der Waals surface area (Å²) in [5.41, 5.74) is 0. The molecular weight excluding hydrogens is 200 g/mol. The standard InChI is InChI=1S/C13H20N2O/c1-9(5-6-14)15(2)13(16)12-8-10-3-4-11(12)7-10/h9-12H,3-5,7-8H2,1-2H3. The lowest BCUT2D eigenvalue weighted by atomic mass is 9.87. The number of hydrogen-bond acceptors (Lipinski definition) is 2. The maximum Gasteiger partial charge on any atom is 0.225 e. The molecule has 0 aromatic rings. The van der Waals surface area contributed by atoms with Gasteiger partial charge in [0.25, 0.3) is 0 Å². The lowest BCUT2D eigenvalue weighted by Crippen LogP contribution is -2.40. The van der Waals surface area contributed by atoms with Gasteiger partial charge in [0, 0.05) is 19.0 Å². The van der Waals surface area contributed by atoms with Crippen LogP contribution in [0, 0.1) is 29.1 Å². The van der Waals surface area contributed by atoms with Crippen molar-refractivity contribution in [3.05, 3.63) is 0 Å². The molecule has 88 valence electrons. The topological polar surface area (TPSA) is 44.1 Å². The van der Waals surface area contributed by atoms with Crippen LogP contribution >= 0.6 is 0 Å². The van der Waals surface area contributed by atoms with Crippen LogP contribution in [-0.4, -0.2) is 23.9 Å². The van der Waals surface area contributed by atoms with Gasteiger partial charge in [0.15, 0.2) is 0 Å². The number of amides is 1. The van der Waals surface area contributed by atoms with Gasteiger partial charge in [-0.2, -0.15) is 5.26 Å². The summed E-state index contributed by atoms with van der Waals surface area (Å²) in [6.45, 7) is 1.95. The van der Waals surface area contributed by atoms with Crippen molar-refractivity contribution in [3.8, 4) is 6.07 Å². The first kappa shape index (κ1) is 11.4. The lowest BCUT2D eigenvalue weighted by molar-refractivity contribution is -0.137. The second-order valence-electron chi connectivity index (χ2n) is 5.44. The quantitative estimate of drug-likeness (QED) is 0.731. The molecular formula is C13H20N2O. The Morgan fingerprint density at radius 1 is 1.50 bits per heavy atom. The minimum atomic E-state index is 0.0524. The zero-order valence-electron chi connectivity index (χ0n) is 10.1.